The standard InChI is InChI=1S/C12H14O4/c1-9(13)15-12(3,16-10(2)14)11-7-5-4-6-8-11/h4-8H,1-3H3. The van der Waals surface area contributed by atoms with Gasteiger partial charge in [0.2, 0.25) is 0 Å². The molecule has 0 unspecified atom stereocenters. The van der Waals surface area contributed by atoms with E-state index in [1.165, 1.54) is 20.8 Å². The first-order chi connectivity index (χ1) is 7.44. The van der Waals surface area contributed by atoms with E-state index in [1.807, 2.05) is 6.07 Å². The van der Waals surface area contributed by atoms with E-state index in [1.54, 1.807) is 24.3 Å². The van der Waals surface area contributed by atoms with Crippen molar-refractivity contribution in [2.75, 3.05) is 0 Å². The smallest absolute Gasteiger partial charge is 0.306 e. The van der Waals surface area contributed by atoms with Crippen LogP contribution in [0, 0.1) is 0 Å². The van der Waals surface area contributed by atoms with E-state index >= 15 is 0 Å². The maximum atomic E-state index is 11.0. The molecule has 1 rings (SSSR count). The number of hydrogen-bond donors (Lipinski definition) is 0. The van der Waals surface area contributed by atoms with Crippen molar-refractivity contribution in [3.8, 4) is 0 Å². The Morgan fingerprint density at radius 1 is 1.00 bits per heavy atom. The Bertz CT molecular complexity index is 367. The molecule has 0 saturated heterocycles. The van der Waals surface area contributed by atoms with Crippen molar-refractivity contribution in [2.24, 2.45) is 0 Å². The molecule has 4 heteroatoms. The molecule has 86 valence electrons. The van der Waals surface area contributed by atoms with Gasteiger partial charge in [-0.1, -0.05) is 30.3 Å². The first-order valence-electron chi connectivity index (χ1n) is 4.89. The Kier molecular flexibility index (Phi) is 3.66. The van der Waals surface area contributed by atoms with Crippen LogP contribution in [0.4, 0.5) is 0 Å². The zero-order chi connectivity index (χ0) is 12.2. The van der Waals surface area contributed by atoms with Crippen molar-refractivity contribution < 1.29 is 19.1 Å². The van der Waals surface area contributed by atoms with Gasteiger partial charge in [0.05, 0.1) is 0 Å². The number of rotatable bonds is 3. The summed E-state index contributed by atoms with van der Waals surface area (Å²) in [7, 11) is 0. The van der Waals surface area contributed by atoms with Gasteiger partial charge in [-0.3, -0.25) is 9.59 Å². The molecule has 0 saturated carbocycles. The van der Waals surface area contributed by atoms with E-state index in [2.05, 4.69) is 0 Å². The third-order valence-corrected chi connectivity index (χ3v) is 1.98. The van der Waals surface area contributed by atoms with E-state index in [4.69, 9.17) is 9.47 Å². The molecule has 0 aliphatic carbocycles. The second-order valence-corrected chi connectivity index (χ2v) is 3.50. The summed E-state index contributed by atoms with van der Waals surface area (Å²) in [4.78, 5) is 22.0. The van der Waals surface area contributed by atoms with Crippen LogP contribution in [0.3, 0.4) is 0 Å². The molecular weight excluding hydrogens is 208 g/mol. The van der Waals surface area contributed by atoms with Gasteiger partial charge in [0, 0.05) is 26.3 Å². The Hall–Kier alpha value is -1.84. The van der Waals surface area contributed by atoms with Crippen LogP contribution in [-0.2, 0) is 24.8 Å². The van der Waals surface area contributed by atoms with Crippen molar-refractivity contribution in [1.29, 1.82) is 0 Å². The summed E-state index contributed by atoms with van der Waals surface area (Å²) in [6, 6.07) is 8.84. The van der Waals surface area contributed by atoms with E-state index in [0.29, 0.717) is 5.56 Å². The molecule has 0 aliphatic heterocycles. The number of carbonyl (C=O) groups is 2. The monoisotopic (exact) mass is 222 g/mol. The quantitative estimate of drug-likeness (QED) is 0.579. The minimum atomic E-state index is -1.36. The maximum Gasteiger partial charge on any atom is 0.306 e. The van der Waals surface area contributed by atoms with Crippen molar-refractivity contribution >= 4 is 11.9 Å². The van der Waals surface area contributed by atoms with Gasteiger partial charge in [-0.05, 0) is 0 Å². The topological polar surface area (TPSA) is 52.6 Å². The van der Waals surface area contributed by atoms with Crippen LogP contribution in [-0.4, -0.2) is 11.9 Å². The zero-order valence-electron chi connectivity index (χ0n) is 9.52. The third-order valence-electron chi connectivity index (χ3n) is 1.98. The van der Waals surface area contributed by atoms with E-state index in [0.717, 1.165) is 0 Å². The van der Waals surface area contributed by atoms with Crippen molar-refractivity contribution in [3.05, 3.63) is 35.9 Å². The Balaban J connectivity index is 3.04. The lowest BCUT2D eigenvalue weighted by Gasteiger charge is -2.28. The highest BCUT2D eigenvalue weighted by molar-refractivity contribution is 5.69. The number of benzene rings is 1. The fraction of sp³-hybridized carbons (Fsp3) is 0.333. The first-order valence-corrected chi connectivity index (χ1v) is 4.89. The lowest BCUT2D eigenvalue weighted by molar-refractivity contribution is -0.224. The minimum Gasteiger partial charge on any atom is -0.418 e. The molecule has 0 aromatic heterocycles. The molecule has 0 N–H and O–H groups in total. The molecule has 0 radical (unpaired) electrons. The Morgan fingerprint density at radius 2 is 1.44 bits per heavy atom. The fourth-order valence-corrected chi connectivity index (χ4v) is 1.43. The molecule has 0 aliphatic rings. The molecule has 0 amide bonds. The van der Waals surface area contributed by atoms with Crippen LogP contribution < -0.4 is 0 Å². The molecule has 0 bridgehead atoms. The molecule has 1 aromatic rings. The van der Waals surface area contributed by atoms with Gasteiger partial charge in [-0.25, -0.2) is 0 Å². The zero-order valence-corrected chi connectivity index (χ0v) is 9.52. The van der Waals surface area contributed by atoms with Gasteiger partial charge >= 0.3 is 11.9 Å². The molecule has 0 fully saturated rings. The van der Waals surface area contributed by atoms with E-state index in [9.17, 15) is 9.59 Å². The Morgan fingerprint density at radius 3 is 1.81 bits per heavy atom. The summed E-state index contributed by atoms with van der Waals surface area (Å²) >= 11 is 0. The van der Waals surface area contributed by atoms with Gasteiger partial charge in [-0.2, -0.15) is 0 Å². The number of hydrogen-bond acceptors (Lipinski definition) is 4. The van der Waals surface area contributed by atoms with E-state index < -0.39 is 17.7 Å². The second-order valence-electron chi connectivity index (χ2n) is 3.50. The van der Waals surface area contributed by atoms with Gasteiger partial charge in [0.25, 0.3) is 5.79 Å². The van der Waals surface area contributed by atoms with Crippen LogP contribution in [0.5, 0.6) is 0 Å². The SMILES string of the molecule is CC(=O)OC(C)(OC(C)=O)c1ccccc1. The summed E-state index contributed by atoms with van der Waals surface area (Å²) in [5, 5.41) is 0. The molecular formula is C12H14O4. The largest absolute Gasteiger partial charge is 0.418 e. The van der Waals surface area contributed by atoms with Crippen LogP contribution in [0.1, 0.15) is 26.3 Å². The van der Waals surface area contributed by atoms with Gasteiger partial charge < -0.3 is 9.47 Å². The van der Waals surface area contributed by atoms with Gasteiger partial charge in [0.1, 0.15) is 0 Å². The lowest BCUT2D eigenvalue weighted by atomic mass is 10.1. The molecule has 0 atom stereocenters. The van der Waals surface area contributed by atoms with Crippen LogP contribution in [0.2, 0.25) is 0 Å². The number of ether oxygens (including phenoxy) is 2. The molecule has 0 heterocycles. The van der Waals surface area contributed by atoms with Gasteiger partial charge in [0.15, 0.2) is 0 Å². The summed E-state index contributed by atoms with van der Waals surface area (Å²) in [5.74, 6) is -2.38. The van der Waals surface area contributed by atoms with Gasteiger partial charge in [-0.15, -0.1) is 0 Å². The van der Waals surface area contributed by atoms with Crippen LogP contribution in [0.15, 0.2) is 30.3 Å². The molecule has 0 spiro atoms. The Labute approximate surface area is 94.2 Å². The minimum absolute atomic E-state index is 0.507. The van der Waals surface area contributed by atoms with Crippen molar-refractivity contribution in [1.82, 2.24) is 0 Å². The number of esters is 2. The lowest BCUT2D eigenvalue weighted by Crippen LogP contribution is -2.33. The average molecular weight is 222 g/mol. The first kappa shape index (κ1) is 12.2. The normalized spacial score (nSPS) is 10.7. The molecule has 4 nitrogen and oxygen atoms in total. The predicted molar refractivity (Wildman–Crippen MR) is 57.3 cm³/mol. The summed E-state index contributed by atoms with van der Waals surface area (Å²) in [5.41, 5.74) is 0.611. The molecule has 1 aromatic carbocycles. The van der Waals surface area contributed by atoms with Crippen LogP contribution in [0.25, 0.3) is 0 Å². The predicted octanol–water partition coefficient (Wildman–Crippen LogP) is 1.99. The fourth-order valence-electron chi connectivity index (χ4n) is 1.43. The second kappa shape index (κ2) is 4.79. The van der Waals surface area contributed by atoms with Crippen molar-refractivity contribution in [2.45, 2.75) is 26.6 Å². The van der Waals surface area contributed by atoms with Crippen molar-refractivity contribution in [3.63, 3.8) is 0 Å². The summed E-state index contributed by atoms with van der Waals surface area (Å²) in [6.45, 7) is 4.07. The highest BCUT2D eigenvalue weighted by Crippen LogP contribution is 2.27. The van der Waals surface area contributed by atoms with Crippen LogP contribution >= 0.6 is 0 Å². The summed E-state index contributed by atoms with van der Waals surface area (Å²) < 4.78 is 10.1. The average Bonchev–Trinajstić information content (AvgIpc) is 2.16. The maximum absolute atomic E-state index is 11.0. The molecule has 16 heavy (non-hydrogen) atoms. The summed E-state index contributed by atoms with van der Waals surface area (Å²) in [6.07, 6.45) is 0. The highest BCUT2D eigenvalue weighted by Gasteiger charge is 2.33. The van der Waals surface area contributed by atoms with E-state index in [-0.39, 0.29) is 0 Å². The third kappa shape index (κ3) is 3.08. The highest BCUT2D eigenvalue weighted by atomic mass is 16.7. The number of carbonyl (C=O) groups excluding carboxylic acids is 2.